The number of hydrogen-bond donors (Lipinski definition) is 1. The Labute approximate surface area is 174 Å². The minimum absolute atomic E-state index is 0.113. The minimum Gasteiger partial charge on any atom is -0.486 e. The summed E-state index contributed by atoms with van der Waals surface area (Å²) >= 11 is 0. The third-order valence-electron chi connectivity index (χ3n) is 4.79. The summed E-state index contributed by atoms with van der Waals surface area (Å²) in [7, 11) is 0. The number of ether oxygens (including phenoxy) is 1. The lowest BCUT2D eigenvalue weighted by molar-refractivity contribution is 0.101. The van der Waals surface area contributed by atoms with Crippen molar-refractivity contribution in [3.8, 4) is 5.75 Å². The summed E-state index contributed by atoms with van der Waals surface area (Å²) in [4.78, 5) is 29.3. The van der Waals surface area contributed by atoms with E-state index in [9.17, 15) is 9.59 Å². The van der Waals surface area contributed by atoms with Crippen molar-refractivity contribution < 1.29 is 14.3 Å². The number of aromatic nitrogens is 2. The van der Waals surface area contributed by atoms with Gasteiger partial charge in [-0.05, 0) is 49.7 Å². The Hall–Kier alpha value is -3.93. The van der Waals surface area contributed by atoms with Crippen molar-refractivity contribution >= 4 is 23.0 Å². The zero-order valence-electron chi connectivity index (χ0n) is 16.8. The van der Waals surface area contributed by atoms with Gasteiger partial charge in [-0.2, -0.15) is 0 Å². The number of carbonyl (C=O) groups is 2. The van der Waals surface area contributed by atoms with E-state index in [0.29, 0.717) is 22.6 Å². The molecule has 6 heteroatoms. The molecule has 0 aliphatic heterocycles. The summed E-state index contributed by atoms with van der Waals surface area (Å²) in [5.74, 6) is -0.00759. The first-order valence-electron chi connectivity index (χ1n) is 9.59. The van der Waals surface area contributed by atoms with Gasteiger partial charge in [0.05, 0.1) is 16.9 Å². The lowest BCUT2D eigenvalue weighted by atomic mass is 10.1. The number of pyridine rings is 1. The predicted molar refractivity (Wildman–Crippen MR) is 115 cm³/mol. The lowest BCUT2D eigenvalue weighted by Crippen LogP contribution is -2.15. The summed E-state index contributed by atoms with van der Waals surface area (Å²) in [5.41, 5.74) is 4.04. The number of carbonyl (C=O) groups excluding carboxylic acids is 2. The standard InChI is InChI=1S/C24H21N3O3/c1-16-8-7-13-27-14-18(25-23(16)27)15-30-22-12-6-4-10-20(22)24(29)26-21-11-5-3-9-19(21)17(2)28/h3-14H,15H2,1-2H3,(H,26,29). The summed E-state index contributed by atoms with van der Waals surface area (Å²) in [6.45, 7) is 3.71. The van der Waals surface area contributed by atoms with Crippen molar-refractivity contribution in [3.63, 3.8) is 0 Å². The van der Waals surface area contributed by atoms with E-state index in [2.05, 4.69) is 10.3 Å². The molecule has 2 aromatic heterocycles. The van der Waals surface area contributed by atoms with Crippen molar-refractivity contribution in [2.75, 3.05) is 5.32 Å². The van der Waals surface area contributed by atoms with Crippen LogP contribution in [0.1, 0.15) is 38.9 Å². The Morgan fingerprint density at radius 1 is 1.00 bits per heavy atom. The van der Waals surface area contributed by atoms with Gasteiger partial charge in [0.1, 0.15) is 18.0 Å². The number of para-hydroxylation sites is 2. The number of amides is 1. The molecule has 4 aromatic rings. The lowest BCUT2D eigenvalue weighted by Gasteiger charge is -2.12. The van der Waals surface area contributed by atoms with Gasteiger partial charge < -0.3 is 14.5 Å². The van der Waals surface area contributed by atoms with E-state index in [1.54, 1.807) is 42.5 Å². The Morgan fingerprint density at radius 3 is 2.50 bits per heavy atom. The van der Waals surface area contributed by atoms with Crippen LogP contribution in [0.5, 0.6) is 5.75 Å². The van der Waals surface area contributed by atoms with Crippen molar-refractivity contribution in [2.45, 2.75) is 20.5 Å². The number of benzene rings is 2. The molecule has 2 aromatic carbocycles. The number of nitrogens with one attached hydrogen (secondary N) is 1. The highest BCUT2D eigenvalue weighted by Crippen LogP contribution is 2.23. The van der Waals surface area contributed by atoms with Crippen LogP contribution in [0.4, 0.5) is 5.69 Å². The highest BCUT2D eigenvalue weighted by molar-refractivity contribution is 6.10. The number of anilines is 1. The Balaban J connectivity index is 1.54. The van der Waals surface area contributed by atoms with E-state index in [0.717, 1.165) is 16.9 Å². The molecule has 4 rings (SSSR count). The molecule has 0 saturated heterocycles. The second kappa shape index (κ2) is 8.21. The average molecular weight is 399 g/mol. The fourth-order valence-corrected chi connectivity index (χ4v) is 3.29. The van der Waals surface area contributed by atoms with Crippen LogP contribution in [-0.4, -0.2) is 21.1 Å². The first-order chi connectivity index (χ1) is 14.5. The largest absolute Gasteiger partial charge is 0.486 e. The molecule has 1 amide bonds. The summed E-state index contributed by atoms with van der Waals surface area (Å²) in [6.07, 6.45) is 3.85. The third-order valence-corrected chi connectivity index (χ3v) is 4.79. The van der Waals surface area contributed by atoms with Gasteiger partial charge in [-0.25, -0.2) is 4.98 Å². The zero-order chi connectivity index (χ0) is 21.1. The van der Waals surface area contributed by atoms with Crippen molar-refractivity contribution in [2.24, 2.45) is 0 Å². The van der Waals surface area contributed by atoms with Gasteiger partial charge >= 0.3 is 0 Å². The van der Waals surface area contributed by atoms with Gasteiger partial charge in [-0.15, -0.1) is 0 Å². The number of hydrogen-bond acceptors (Lipinski definition) is 4. The van der Waals surface area contributed by atoms with Crippen LogP contribution in [0.15, 0.2) is 73.1 Å². The topological polar surface area (TPSA) is 72.7 Å². The SMILES string of the molecule is CC(=O)c1ccccc1NC(=O)c1ccccc1OCc1cn2cccc(C)c2n1. The van der Waals surface area contributed by atoms with Gasteiger partial charge in [0.15, 0.2) is 5.78 Å². The molecule has 30 heavy (non-hydrogen) atoms. The number of fused-ring (bicyclic) bond motifs is 1. The van der Waals surface area contributed by atoms with Crippen LogP contribution in [0.2, 0.25) is 0 Å². The van der Waals surface area contributed by atoms with E-state index in [-0.39, 0.29) is 18.3 Å². The number of rotatable bonds is 6. The molecule has 0 atom stereocenters. The first kappa shape index (κ1) is 19.4. The fraction of sp³-hybridized carbons (Fsp3) is 0.125. The molecule has 150 valence electrons. The number of ketones is 1. The zero-order valence-corrected chi connectivity index (χ0v) is 16.8. The Morgan fingerprint density at radius 2 is 1.73 bits per heavy atom. The van der Waals surface area contributed by atoms with E-state index in [1.165, 1.54) is 6.92 Å². The third kappa shape index (κ3) is 3.93. The maximum Gasteiger partial charge on any atom is 0.259 e. The first-order valence-corrected chi connectivity index (χ1v) is 9.59. The summed E-state index contributed by atoms with van der Waals surface area (Å²) in [6, 6.07) is 17.9. The molecule has 2 heterocycles. The molecule has 0 spiro atoms. The van der Waals surface area contributed by atoms with Crippen molar-refractivity contribution in [3.05, 3.63) is 95.4 Å². The van der Waals surface area contributed by atoms with Crippen LogP contribution < -0.4 is 10.1 Å². The van der Waals surface area contributed by atoms with Crippen LogP contribution in [-0.2, 0) is 6.61 Å². The molecule has 0 unspecified atom stereocenters. The van der Waals surface area contributed by atoms with Gasteiger partial charge in [0, 0.05) is 18.0 Å². The van der Waals surface area contributed by atoms with E-state index < -0.39 is 0 Å². The van der Waals surface area contributed by atoms with E-state index in [1.807, 2.05) is 41.9 Å². The van der Waals surface area contributed by atoms with Crippen LogP contribution >= 0.6 is 0 Å². The number of nitrogens with zero attached hydrogens (tertiary/aromatic N) is 2. The molecule has 0 saturated carbocycles. The predicted octanol–water partition coefficient (Wildman–Crippen LogP) is 4.68. The van der Waals surface area contributed by atoms with Gasteiger partial charge in [0.25, 0.3) is 5.91 Å². The maximum atomic E-state index is 12.9. The molecule has 0 aliphatic carbocycles. The Bertz CT molecular complexity index is 1240. The molecule has 0 aliphatic rings. The number of aryl methyl sites for hydroxylation is 1. The van der Waals surface area contributed by atoms with E-state index in [4.69, 9.17) is 4.74 Å². The maximum absolute atomic E-state index is 12.9. The second-order valence-corrected chi connectivity index (χ2v) is 7.00. The van der Waals surface area contributed by atoms with Crippen molar-refractivity contribution in [1.29, 1.82) is 0 Å². The van der Waals surface area contributed by atoms with Crippen LogP contribution in [0, 0.1) is 6.92 Å². The fourth-order valence-electron chi connectivity index (χ4n) is 3.29. The minimum atomic E-state index is -0.342. The highest BCUT2D eigenvalue weighted by atomic mass is 16.5. The molecule has 0 bridgehead atoms. The number of imidazole rings is 1. The van der Waals surface area contributed by atoms with Gasteiger partial charge in [-0.1, -0.05) is 30.3 Å². The quantitative estimate of drug-likeness (QED) is 0.478. The highest BCUT2D eigenvalue weighted by Gasteiger charge is 2.16. The Kier molecular flexibility index (Phi) is 5.30. The smallest absolute Gasteiger partial charge is 0.259 e. The average Bonchev–Trinajstić information content (AvgIpc) is 3.17. The molecular formula is C24H21N3O3. The summed E-state index contributed by atoms with van der Waals surface area (Å²) in [5, 5.41) is 2.82. The van der Waals surface area contributed by atoms with Gasteiger partial charge in [-0.3, -0.25) is 9.59 Å². The normalized spacial score (nSPS) is 10.7. The molecular weight excluding hydrogens is 378 g/mol. The molecule has 1 N–H and O–H groups in total. The molecule has 6 nitrogen and oxygen atoms in total. The van der Waals surface area contributed by atoms with E-state index >= 15 is 0 Å². The monoisotopic (exact) mass is 399 g/mol. The van der Waals surface area contributed by atoms with Crippen LogP contribution in [0.25, 0.3) is 5.65 Å². The molecule has 0 fully saturated rings. The number of Topliss-reactive ketones (excluding diaryl/α,β-unsaturated/α-hetero) is 1. The second-order valence-electron chi connectivity index (χ2n) is 7.00. The molecule has 0 radical (unpaired) electrons. The van der Waals surface area contributed by atoms with Crippen molar-refractivity contribution in [1.82, 2.24) is 9.38 Å². The van der Waals surface area contributed by atoms with Gasteiger partial charge in [0.2, 0.25) is 0 Å². The van der Waals surface area contributed by atoms with Crippen LogP contribution in [0.3, 0.4) is 0 Å². The summed E-state index contributed by atoms with van der Waals surface area (Å²) < 4.78 is 7.88.